The van der Waals surface area contributed by atoms with Gasteiger partial charge in [-0.15, -0.1) is 0 Å². The Bertz CT molecular complexity index is 984. The first-order chi connectivity index (χ1) is 13.1. The van der Waals surface area contributed by atoms with Crippen LogP contribution in [0.5, 0.6) is 0 Å². The average molecular weight is 444 g/mol. The van der Waals surface area contributed by atoms with Crippen LogP contribution >= 0.6 is 24.1 Å². The average Bonchev–Trinajstić information content (AvgIpc) is 2.68. The first-order valence-electron chi connectivity index (χ1n) is 8.51. The molecule has 0 fully saturated rings. The van der Waals surface area contributed by atoms with Crippen molar-refractivity contribution < 1.29 is 4.62 Å². The van der Waals surface area contributed by atoms with Crippen LogP contribution in [0, 0.1) is 0 Å². The number of aryl methyl sites for hydroxylation is 2. The van der Waals surface area contributed by atoms with Gasteiger partial charge in [0.2, 0.25) is 5.95 Å². The number of rotatable bonds is 2. The third-order valence-electron chi connectivity index (χ3n) is 4.39. The van der Waals surface area contributed by atoms with Crippen molar-refractivity contribution in [3.8, 4) is 0 Å². The van der Waals surface area contributed by atoms with Crippen LogP contribution in [0.3, 0.4) is 0 Å². The topological polar surface area (TPSA) is 85.1 Å². The summed E-state index contributed by atoms with van der Waals surface area (Å²) in [5, 5.41) is 7.76. The lowest BCUT2D eigenvalue weighted by Crippen LogP contribution is -2.09. The zero-order chi connectivity index (χ0) is 18.8. The molecular weight excluding hydrogens is 425 g/mol. The minimum atomic E-state index is -0.868. The van der Waals surface area contributed by atoms with E-state index in [1.807, 2.05) is 18.8 Å². The molecule has 4 rings (SSSR count). The van der Waals surface area contributed by atoms with Crippen LogP contribution in [0.1, 0.15) is 11.1 Å². The number of nitrogens with two attached hydrogens (primary N) is 1. The summed E-state index contributed by atoms with van der Waals surface area (Å²) in [4.78, 5) is 8.97. The molecular formula is C19H19BrN5OP. The van der Waals surface area contributed by atoms with E-state index >= 15 is 0 Å². The highest BCUT2D eigenvalue weighted by molar-refractivity contribution is 9.10. The first kappa shape index (κ1) is 18.3. The van der Waals surface area contributed by atoms with Crippen molar-refractivity contribution in [3.63, 3.8) is 0 Å². The molecule has 0 amide bonds. The van der Waals surface area contributed by atoms with Crippen molar-refractivity contribution in [1.82, 2.24) is 9.97 Å². The Kier molecular flexibility index (Phi) is 5.36. The molecule has 0 saturated heterocycles. The molecule has 1 aliphatic rings. The van der Waals surface area contributed by atoms with E-state index in [9.17, 15) is 0 Å². The zero-order valence-electron chi connectivity index (χ0n) is 14.7. The second-order valence-corrected chi connectivity index (χ2v) is 8.91. The van der Waals surface area contributed by atoms with Crippen molar-refractivity contribution in [2.45, 2.75) is 12.8 Å². The fourth-order valence-corrected chi connectivity index (χ4v) is 4.09. The van der Waals surface area contributed by atoms with Crippen LogP contribution in [0.15, 0.2) is 53.1 Å². The lowest BCUT2D eigenvalue weighted by Gasteiger charge is -2.15. The van der Waals surface area contributed by atoms with Crippen molar-refractivity contribution in [2.24, 2.45) is 5.90 Å². The maximum Gasteiger partial charge on any atom is 0.229 e. The van der Waals surface area contributed by atoms with Crippen LogP contribution in [-0.4, -0.2) is 16.6 Å². The van der Waals surface area contributed by atoms with Crippen molar-refractivity contribution in [1.29, 1.82) is 0 Å². The predicted molar refractivity (Wildman–Crippen MR) is 114 cm³/mol. The van der Waals surface area contributed by atoms with Gasteiger partial charge in [0.1, 0.15) is 5.82 Å². The summed E-state index contributed by atoms with van der Waals surface area (Å²) in [7, 11) is -0.868. The minimum absolute atomic E-state index is 0.538. The Labute approximate surface area is 167 Å². The highest BCUT2D eigenvalue weighted by atomic mass is 79.9. The van der Waals surface area contributed by atoms with Gasteiger partial charge in [-0.25, -0.2) is 10.9 Å². The van der Waals surface area contributed by atoms with Gasteiger partial charge in [0.25, 0.3) is 0 Å². The van der Waals surface area contributed by atoms with Crippen molar-refractivity contribution >= 4 is 52.5 Å². The van der Waals surface area contributed by atoms with Crippen LogP contribution in [-0.2, 0) is 17.5 Å². The summed E-state index contributed by atoms with van der Waals surface area (Å²) < 4.78 is 5.89. The molecule has 2 heterocycles. The van der Waals surface area contributed by atoms with E-state index in [1.54, 1.807) is 6.20 Å². The first-order valence-corrected chi connectivity index (χ1v) is 11.0. The quantitative estimate of drug-likeness (QED) is 0.402. The Hall–Kier alpha value is -2.05. The van der Waals surface area contributed by atoms with Gasteiger partial charge in [-0.05, 0) is 76.9 Å². The molecule has 1 aliphatic heterocycles. The van der Waals surface area contributed by atoms with Crippen molar-refractivity contribution in [2.75, 3.05) is 17.3 Å². The SMILES string of the molecule is CP(ON)c1cc2cc(c1)Nc1nc(ncc1Br)Nc1cccc(c1)CC2. The van der Waals surface area contributed by atoms with Gasteiger partial charge in [0.15, 0.2) is 0 Å². The lowest BCUT2D eigenvalue weighted by molar-refractivity contribution is 0.381. The molecule has 4 N–H and O–H groups in total. The molecule has 27 heavy (non-hydrogen) atoms. The minimum Gasteiger partial charge on any atom is -0.339 e. The third kappa shape index (κ3) is 4.28. The van der Waals surface area contributed by atoms with Crippen LogP contribution in [0.25, 0.3) is 0 Å². The van der Waals surface area contributed by atoms with E-state index in [0.29, 0.717) is 11.8 Å². The number of nitrogens with one attached hydrogen (secondary N) is 2. The standard InChI is InChI=1S/C19H19BrN5OP/c1-27(26-21)16-9-13-6-5-12-3-2-4-14(7-12)24-19-22-11-17(20)18(25-19)23-15(8-13)10-16/h2-4,7-11H,5-6,21H2,1H3,(H2,22,23,24,25). The summed E-state index contributed by atoms with van der Waals surface area (Å²) in [6.07, 6.45) is 3.59. The second kappa shape index (κ2) is 7.90. The zero-order valence-corrected chi connectivity index (χ0v) is 17.2. The largest absolute Gasteiger partial charge is 0.339 e. The van der Waals surface area contributed by atoms with Crippen LogP contribution < -0.4 is 21.8 Å². The van der Waals surface area contributed by atoms with Crippen LogP contribution in [0.2, 0.25) is 0 Å². The molecule has 0 radical (unpaired) electrons. The van der Waals surface area contributed by atoms with Gasteiger partial charge in [-0.1, -0.05) is 12.1 Å². The number of benzene rings is 2. The van der Waals surface area contributed by atoms with E-state index in [0.717, 1.165) is 34.0 Å². The van der Waals surface area contributed by atoms with E-state index in [4.69, 9.17) is 10.5 Å². The number of hydrogen-bond donors (Lipinski definition) is 3. The third-order valence-corrected chi connectivity index (χ3v) is 6.27. The number of anilines is 4. The maximum absolute atomic E-state index is 5.44. The highest BCUT2D eigenvalue weighted by Gasteiger charge is 2.12. The lowest BCUT2D eigenvalue weighted by atomic mass is 10.0. The molecule has 0 aliphatic carbocycles. The highest BCUT2D eigenvalue weighted by Crippen LogP contribution is 2.32. The van der Waals surface area contributed by atoms with Gasteiger partial charge in [-0.2, -0.15) is 4.98 Å². The summed E-state index contributed by atoms with van der Waals surface area (Å²) in [6.45, 7) is 2.00. The fraction of sp³-hybridized carbons (Fsp3) is 0.158. The molecule has 3 aromatic rings. The maximum atomic E-state index is 5.44. The number of halogens is 1. The fourth-order valence-electron chi connectivity index (χ4n) is 3.01. The monoisotopic (exact) mass is 443 g/mol. The van der Waals surface area contributed by atoms with Gasteiger partial charge < -0.3 is 10.6 Å². The van der Waals surface area contributed by atoms with E-state index in [-0.39, 0.29) is 0 Å². The van der Waals surface area contributed by atoms with Crippen molar-refractivity contribution in [3.05, 3.63) is 64.3 Å². The molecule has 6 nitrogen and oxygen atoms in total. The number of hydrogen-bond acceptors (Lipinski definition) is 6. The summed E-state index contributed by atoms with van der Waals surface area (Å²) in [6, 6.07) is 14.7. The number of aromatic nitrogens is 2. The summed E-state index contributed by atoms with van der Waals surface area (Å²) in [5.74, 6) is 6.68. The Morgan fingerprint density at radius 2 is 1.89 bits per heavy atom. The molecule has 0 saturated carbocycles. The smallest absolute Gasteiger partial charge is 0.229 e. The predicted octanol–water partition coefficient (Wildman–Crippen LogP) is 4.37. The number of nitrogens with zero attached hydrogens (tertiary/aromatic N) is 2. The normalized spacial score (nSPS) is 14.0. The molecule has 8 heteroatoms. The van der Waals surface area contributed by atoms with Crippen LogP contribution in [0.4, 0.5) is 23.1 Å². The Morgan fingerprint density at radius 3 is 2.74 bits per heavy atom. The number of fused-ring (bicyclic) bond motifs is 6. The van der Waals surface area contributed by atoms with Gasteiger partial charge in [0.05, 0.1) is 12.6 Å². The summed E-state index contributed by atoms with van der Waals surface area (Å²) >= 11 is 3.52. The molecule has 138 valence electrons. The van der Waals surface area contributed by atoms with Gasteiger partial charge in [-0.3, -0.25) is 4.62 Å². The van der Waals surface area contributed by atoms with Gasteiger partial charge in [0, 0.05) is 22.9 Å². The molecule has 1 atom stereocenters. The van der Waals surface area contributed by atoms with E-state index < -0.39 is 8.15 Å². The molecule has 1 unspecified atom stereocenters. The van der Waals surface area contributed by atoms with Gasteiger partial charge >= 0.3 is 0 Å². The molecule has 2 aromatic carbocycles. The Morgan fingerprint density at radius 1 is 1.07 bits per heavy atom. The molecule has 0 spiro atoms. The van der Waals surface area contributed by atoms with E-state index in [1.165, 1.54) is 11.1 Å². The van der Waals surface area contributed by atoms with E-state index in [2.05, 4.69) is 66.9 Å². The second-order valence-electron chi connectivity index (χ2n) is 6.33. The Balaban J connectivity index is 1.83. The molecule has 1 aromatic heterocycles. The summed E-state index contributed by atoms with van der Waals surface area (Å²) in [5.41, 5.74) is 4.40. The molecule has 6 bridgehead atoms.